The Bertz CT molecular complexity index is 717. The molecule has 7 heteroatoms. The van der Waals surface area contributed by atoms with Crippen molar-refractivity contribution in [2.24, 2.45) is 7.05 Å². The minimum absolute atomic E-state index is 0.148. The van der Waals surface area contributed by atoms with Crippen LogP contribution in [0, 0.1) is 0 Å². The summed E-state index contributed by atoms with van der Waals surface area (Å²) >= 11 is 5.92. The van der Waals surface area contributed by atoms with Gasteiger partial charge in [0.15, 0.2) is 0 Å². The van der Waals surface area contributed by atoms with Crippen LogP contribution in [0.2, 0.25) is 5.28 Å². The zero-order valence-electron chi connectivity index (χ0n) is 9.58. The summed E-state index contributed by atoms with van der Waals surface area (Å²) in [5.41, 5.74) is 2.18. The first-order valence-electron chi connectivity index (χ1n) is 5.31. The van der Waals surface area contributed by atoms with Crippen LogP contribution >= 0.6 is 11.6 Å². The van der Waals surface area contributed by atoms with E-state index in [0.717, 1.165) is 10.9 Å². The number of aliphatic hydroxyl groups excluding tert-OH is 1. The Hall–Kier alpha value is -1.92. The molecule has 0 aliphatic carbocycles. The van der Waals surface area contributed by atoms with E-state index in [2.05, 4.69) is 15.1 Å². The lowest BCUT2D eigenvalue weighted by Gasteiger charge is -2.02. The third kappa shape index (κ3) is 1.66. The molecule has 0 aliphatic rings. The zero-order chi connectivity index (χ0) is 12.7. The Morgan fingerprint density at radius 2 is 2.22 bits per heavy atom. The number of aliphatic hydroxyl groups is 1. The van der Waals surface area contributed by atoms with Gasteiger partial charge in [0.25, 0.3) is 0 Å². The molecule has 0 aliphatic heterocycles. The van der Waals surface area contributed by atoms with Gasteiger partial charge in [-0.3, -0.25) is 4.68 Å². The number of hydrogen-bond acceptors (Lipinski definition) is 4. The number of aryl methyl sites for hydroxylation is 1. The van der Waals surface area contributed by atoms with Crippen molar-refractivity contribution >= 4 is 22.6 Å². The van der Waals surface area contributed by atoms with Crippen LogP contribution in [-0.4, -0.2) is 29.4 Å². The fraction of sp³-hybridized carbons (Fsp3) is 0.182. The number of aromatic nitrogens is 5. The summed E-state index contributed by atoms with van der Waals surface area (Å²) in [6.45, 7) is -0.149. The second-order valence-electron chi connectivity index (χ2n) is 3.91. The molecule has 18 heavy (non-hydrogen) atoms. The Kier molecular flexibility index (Phi) is 2.53. The van der Waals surface area contributed by atoms with Crippen LogP contribution in [0.15, 0.2) is 24.7 Å². The minimum Gasteiger partial charge on any atom is -0.376 e. The van der Waals surface area contributed by atoms with E-state index >= 15 is 0 Å². The molecule has 3 rings (SSSR count). The van der Waals surface area contributed by atoms with Crippen LogP contribution in [0.25, 0.3) is 22.3 Å². The molecule has 3 aromatic rings. The van der Waals surface area contributed by atoms with Crippen molar-refractivity contribution in [3.05, 3.63) is 29.9 Å². The molecule has 0 bridgehead atoms. The van der Waals surface area contributed by atoms with E-state index in [1.165, 1.54) is 0 Å². The highest BCUT2D eigenvalue weighted by molar-refractivity contribution is 6.28. The summed E-state index contributed by atoms with van der Waals surface area (Å²) in [4.78, 5) is 8.37. The van der Waals surface area contributed by atoms with E-state index < -0.39 is 0 Å². The van der Waals surface area contributed by atoms with Crippen LogP contribution in [-0.2, 0) is 13.8 Å². The van der Waals surface area contributed by atoms with Crippen LogP contribution < -0.4 is 0 Å². The first kappa shape index (κ1) is 11.2. The Balaban J connectivity index is 2.31. The fourth-order valence-electron chi connectivity index (χ4n) is 1.92. The van der Waals surface area contributed by atoms with E-state index in [9.17, 15) is 5.11 Å². The predicted octanol–water partition coefficient (Wildman–Crippen LogP) is 1.43. The van der Waals surface area contributed by atoms with Gasteiger partial charge in [0, 0.05) is 30.4 Å². The van der Waals surface area contributed by atoms with Crippen molar-refractivity contribution in [3.63, 3.8) is 0 Å². The molecular formula is C11H10ClN5O. The largest absolute Gasteiger partial charge is 0.376 e. The molecule has 0 saturated carbocycles. The maximum absolute atomic E-state index is 9.22. The number of halogens is 1. The summed E-state index contributed by atoms with van der Waals surface area (Å²) in [7, 11) is 1.84. The summed E-state index contributed by atoms with van der Waals surface area (Å²) < 4.78 is 3.29. The molecule has 0 aromatic carbocycles. The van der Waals surface area contributed by atoms with Gasteiger partial charge in [-0.25, -0.2) is 4.98 Å². The maximum Gasteiger partial charge on any atom is 0.224 e. The standard InChI is InChI=1S/C11H10ClN5O/c1-16-5-7(4-13-16)9-8-2-3-17(6-18)10(8)15-11(12)14-9/h2-5,18H,6H2,1H3. The van der Waals surface area contributed by atoms with E-state index in [0.29, 0.717) is 11.3 Å². The Labute approximate surface area is 107 Å². The van der Waals surface area contributed by atoms with Gasteiger partial charge in [-0.05, 0) is 17.7 Å². The smallest absolute Gasteiger partial charge is 0.224 e. The van der Waals surface area contributed by atoms with Crippen LogP contribution in [0.4, 0.5) is 0 Å². The molecule has 0 unspecified atom stereocenters. The first-order valence-corrected chi connectivity index (χ1v) is 5.69. The second-order valence-corrected chi connectivity index (χ2v) is 4.25. The lowest BCUT2D eigenvalue weighted by molar-refractivity contribution is 0.215. The molecule has 0 spiro atoms. The molecule has 1 N–H and O–H groups in total. The third-order valence-corrected chi connectivity index (χ3v) is 2.89. The van der Waals surface area contributed by atoms with Gasteiger partial charge < -0.3 is 9.67 Å². The lowest BCUT2D eigenvalue weighted by atomic mass is 10.2. The van der Waals surface area contributed by atoms with Crippen molar-refractivity contribution in [1.82, 2.24) is 24.3 Å². The van der Waals surface area contributed by atoms with Crippen LogP contribution in [0.5, 0.6) is 0 Å². The molecule has 0 saturated heterocycles. The number of nitrogens with zero attached hydrogens (tertiary/aromatic N) is 5. The van der Waals surface area contributed by atoms with Crippen molar-refractivity contribution in [2.45, 2.75) is 6.73 Å². The molecule has 3 aromatic heterocycles. The lowest BCUT2D eigenvalue weighted by Crippen LogP contribution is -1.97. The first-order chi connectivity index (χ1) is 8.69. The van der Waals surface area contributed by atoms with Crippen LogP contribution in [0.1, 0.15) is 0 Å². The van der Waals surface area contributed by atoms with Crippen LogP contribution in [0.3, 0.4) is 0 Å². The van der Waals surface area contributed by atoms with Crippen molar-refractivity contribution < 1.29 is 5.11 Å². The predicted molar refractivity (Wildman–Crippen MR) is 67.0 cm³/mol. The Morgan fingerprint density at radius 3 is 2.89 bits per heavy atom. The molecule has 6 nitrogen and oxygen atoms in total. The maximum atomic E-state index is 9.22. The fourth-order valence-corrected chi connectivity index (χ4v) is 2.08. The highest BCUT2D eigenvalue weighted by Gasteiger charge is 2.13. The van der Waals surface area contributed by atoms with E-state index in [1.54, 1.807) is 21.6 Å². The summed E-state index contributed by atoms with van der Waals surface area (Å²) in [5.74, 6) is 0. The van der Waals surface area contributed by atoms with Crippen molar-refractivity contribution in [3.8, 4) is 11.3 Å². The molecule has 0 radical (unpaired) electrons. The SMILES string of the molecule is Cn1cc(-c2nc(Cl)nc3c2ccn3CO)cn1. The molecule has 0 fully saturated rings. The van der Waals surface area contributed by atoms with Gasteiger partial charge in [-0.2, -0.15) is 10.1 Å². The monoisotopic (exact) mass is 263 g/mol. The topological polar surface area (TPSA) is 68.8 Å². The summed E-state index contributed by atoms with van der Waals surface area (Å²) in [6.07, 6.45) is 5.32. The number of hydrogen-bond donors (Lipinski definition) is 1. The van der Waals surface area contributed by atoms with Gasteiger partial charge >= 0.3 is 0 Å². The van der Waals surface area contributed by atoms with Crippen molar-refractivity contribution in [1.29, 1.82) is 0 Å². The summed E-state index contributed by atoms with van der Waals surface area (Å²) in [5, 5.41) is 14.3. The molecule has 0 atom stereocenters. The quantitative estimate of drug-likeness (QED) is 0.710. The van der Waals surface area contributed by atoms with Crippen molar-refractivity contribution in [2.75, 3.05) is 0 Å². The van der Waals surface area contributed by atoms with E-state index in [4.69, 9.17) is 11.6 Å². The number of rotatable bonds is 2. The van der Waals surface area contributed by atoms with Gasteiger partial charge in [-0.15, -0.1) is 0 Å². The zero-order valence-corrected chi connectivity index (χ0v) is 10.3. The normalized spacial score (nSPS) is 11.3. The van der Waals surface area contributed by atoms with Gasteiger partial charge in [-0.1, -0.05) is 0 Å². The van der Waals surface area contributed by atoms with Gasteiger partial charge in [0.1, 0.15) is 12.4 Å². The molecule has 0 amide bonds. The van der Waals surface area contributed by atoms with E-state index in [-0.39, 0.29) is 12.0 Å². The third-order valence-electron chi connectivity index (χ3n) is 2.72. The van der Waals surface area contributed by atoms with Gasteiger partial charge in [0.2, 0.25) is 5.28 Å². The average molecular weight is 264 g/mol. The highest BCUT2D eigenvalue weighted by atomic mass is 35.5. The molecule has 3 heterocycles. The Morgan fingerprint density at radius 1 is 1.39 bits per heavy atom. The molecule has 92 valence electrons. The van der Waals surface area contributed by atoms with E-state index in [1.807, 2.05) is 19.3 Å². The second kappa shape index (κ2) is 4.08. The average Bonchev–Trinajstić information content (AvgIpc) is 2.94. The highest BCUT2D eigenvalue weighted by Crippen LogP contribution is 2.27. The summed E-state index contributed by atoms with van der Waals surface area (Å²) in [6, 6.07) is 1.85. The van der Waals surface area contributed by atoms with Gasteiger partial charge in [0.05, 0.1) is 11.9 Å². The minimum atomic E-state index is -0.149. The molecular weight excluding hydrogens is 254 g/mol. The number of fused-ring (bicyclic) bond motifs is 1.